The maximum atomic E-state index is 7.18. The minimum absolute atomic E-state index is 0.824. The first kappa shape index (κ1) is 32.4. The van der Waals surface area contributed by atoms with E-state index in [1.54, 1.807) is 0 Å². The van der Waals surface area contributed by atoms with Gasteiger partial charge in [-0.05, 0) is 36.3 Å². The number of hydrogen-bond acceptors (Lipinski definition) is 4. The lowest BCUT2D eigenvalue weighted by molar-refractivity contribution is 0.278. The van der Waals surface area contributed by atoms with Crippen LogP contribution >= 0.6 is 0 Å². The molecule has 0 spiro atoms. The molecular formula is C24H48O4Si5. The van der Waals surface area contributed by atoms with E-state index in [0.717, 1.165) is 36.3 Å². The van der Waals surface area contributed by atoms with E-state index < -0.39 is 42.3 Å². The fourth-order valence-electron chi connectivity index (χ4n) is 3.75. The van der Waals surface area contributed by atoms with Crippen LogP contribution in [0.15, 0.2) is 73.7 Å². The monoisotopic (exact) mass is 540 g/mol. The summed E-state index contributed by atoms with van der Waals surface area (Å²) < 4.78 is 28.1. The summed E-state index contributed by atoms with van der Waals surface area (Å²) in [5.41, 5.74) is 11.3. The van der Waals surface area contributed by atoms with E-state index in [1.807, 2.05) is 34.2 Å². The van der Waals surface area contributed by atoms with Gasteiger partial charge in [0.25, 0.3) is 16.6 Å². The van der Waals surface area contributed by atoms with E-state index in [0.29, 0.717) is 0 Å². The molecule has 0 unspecified atom stereocenters. The molecule has 0 aliphatic carbocycles. The van der Waals surface area contributed by atoms with Crippen molar-refractivity contribution in [1.82, 2.24) is 0 Å². The van der Waals surface area contributed by atoms with Gasteiger partial charge in [-0.3, -0.25) is 0 Å². The Morgan fingerprint density at radius 2 is 0.576 bits per heavy atom. The molecule has 0 aromatic rings. The highest BCUT2D eigenvalue weighted by molar-refractivity contribution is 6.98. The largest absolute Gasteiger partial charge is 0.426 e. The standard InChI is InChI=1S/C24H48O4Si5/c1-13-29(14-2,15-3)25-31(19-7,20-8)27-33(23-11,24-12)28-32(21-9,22-10)26-30(16-4,17-5)18-6/h13-18H,1-6,19-24H2,7-12H3. The van der Waals surface area contributed by atoms with E-state index >= 15 is 0 Å². The van der Waals surface area contributed by atoms with Gasteiger partial charge in [-0.25, -0.2) is 0 Å². The lowest BCUT2D eigenvalue weighted by atomic mass is 10.9. The van der Waals surface area contributed by atoms with Crippen LogP contribution in [0.2, 0.25) is 36.3 Å². The summed E-state index contributed by atoms with van der Waals surface area (Å²) in [5, 5.41) is 0. The molecule has 0 radical (unpaired) electrons. The van der Waals surface area contributed by atoms with Crippen molar-refractivity contribution < 1.29 is 16.5 Å². The molecule has 0 amide bonds. The first-order chi connectivity index (χ1) is 15.6. The van der Waals surface area contributed by atoms with Crippen LogP contribution in [0.3, 0.4) is 0 Å². The van der Waals surface area contributed by atoms with Gasteiger partial charge < -0.3 is 16.5 Å². The third-order valence-electron chi connectivity index (χ3n) is 6.62. The maximum Gasteiger partial charge on any atom is 0.320 e. The minimum atomic E-state index is -2.66. The Morgan fingerprint density at radius 1 is 0.394 bits per heavy atom. The molecule has 0 aliphatic rings. The topological polar surface area (TPSA) is 36.9 Å². The van der Waals surface area contributed by atoms with E-state index in [2.05, 4.69) is 81.0 Å². The Balaban J connectivity index is 6.48. The van der Waals surface area contributed by atoms with Crippen LogP contribution in [0.25, 0.3) is 0 Å². The summed E-state index contributed by atoms with van der Waals surface area (Å²) >= 11 is 0. The van der Waals surface area contributed by atoms with Gasteiger partial charge in [-0.2, -0.15) is 0 Å². The van der Waals surface area contributed by atoms with Gasteiger partial charge in [0.05, 0.1) is 0 Å². The minimum Gasteiger partial charge on any atom is -0.426 e. The Morgan fingerprint density at radius 3 is 0.727 bits per heavy atom. The van der Waals surface area contributed by atoms with Crippen molar-refractivity contribution in [1.29, 1.82) is 0 Å². The molecule has 0 N–H and O–H groups in total. The van der Waals surface area contributed by atoms with Crippen LogP contribution < -0.4 is 0 Å². The Bertz CT molecular complexity index is 585. The van der Waals surface area contributed by atoms with Crippen LogP contribution in [0.5, 0.6) is 0 Å². The highest BCUT2D eigenvalue weighted by Gasteiger charge is 2.53. The summed E-state index contributed by atoms with van der Waals surface area (Å²) in [7, 11) is -12.9. The van der Waals surface area contributed by atoms with E-state index in [1.165, 1.54) is 0 Å². The molecule has 0 bridgehead atoms. The van der Waals surface area contributed by atoms with Gasteiger partial charge in [-0.1, -0.05) is 75.7 Å². The Labute approximate surface area is 209 Å². The average Bonchev–Trinajstić information content (AvgIpc) is 2.89. The summed E-state index contributed by atoms with van der Waals surface area (Å²) in [6.07, 6.45) is 0. The second-order valence-electron chi connectivity index (χ2n) is 8.19. The molecule has 0 rings (SSSR count). The summed E-state index contributed by atoms with van der Waals surface area (Å²) in [5.74, 6) is 0. The Kier molecular flexibility index (Phi) is 13.8. The molecule has 0 aromatic carbocycles. The lowest BCUT2D eigenvalue weighted by Crippen LogP contribution is -2.63. The second kappa shape index (κ2) is 14.1. The predicted octanol–water partition coefficient (Wildman–Crippen LogP) is 7.74. The average molecular weight is 541 g/mol. The fourth-order valence-corrected chi connectivity index (χ4v) is 27.4. The lowest BCUT2D eigenvalue weighted by Gasteiger charge is -2.47. The van der Waals surface area contributed by atoms with Crippen LogP contribution in [-0.2, 0) is 16.5 Å². The SMILES string of the molecule is C=C[Si](C=C)(C=C)O[Si](CC)(CC)O[Si](CC)(CC)O[Si](CC)(CC)O[Si](C=C)(C=C)C=C. The molecule has 188 valence electrons. The van der Waals surface area contributed by atoms with Crippen molar-refractivity contribution in [3.8, 4) is 0 Å². The number of rotatable bonds is 20. The molecule has 0 atom stereocenters. The van der Waals surface area contributed by atoms with Crippen molar-refractivity contribution in [3.63, 3.8) is 0 Å². The van der Waals surface area contributed by atoms with Crippen molar-refractivity contribution in [2.45, 2.75) is 77.8 Å². The van der Waals surface area contributed by atoms with Crippen molar-refractivity contribution in [2.75, 3.05) is 0 Å². The molecule has 0 saturated heterocycles. The van der Waals surface area contributed by atoms with Gasteiger partial charge in [0.1, 0.15) is 0 Å². The first-order valence-electron chi connectivity index (χ1n) is 12.2. The number of hydrogen-bond donors (Lipinski definition) is 0. The zero-order valence-corrected chi connectivity index (χ0v) is 27.1. The van der Waals surface area contributed by atoms with Gasteiger partial charge in [0.15, 0.2) is 0 Å². The molecule has 4 nitrogen and oxygen atoms in total. The quantitative estimate of drug-likeness (QED) is 0.148. The molecule has 9 heteroatoms. The molecule has 0 aromatic heterocycles. The zero-order valence-electron chi connectivity index (χ0n) is 22.1. The van der Waals surface area contributed by atoms with E-state index in [9.17, 15) is 0 Å². The smallest absolute Gasteiger partial charge is 0.320 e. The molecule has 0 saturated carbocycles. The third-order valence-corrected chi connectivity index (χ3v) is 28.7. The molecule has 0 aliphatic heterocycles. The van der Waals surface area contributed by atoms with Crippen LogP contribution in [0.4, 0.5) is 0 Å². The fraction of sp³-hybridized carbons (Fsp3) is 0.500. The zero-order chi connectivity index (χ0) is 25.8. The van der Waals surface area contributed by atoms with Crippen LogP contribution in [-0.4, -0.2) is 42.3 Å². The summed E-state index contributed by atoms with van der Waals surface area (Å²) in [6.45, 7) is 37.1. The van der Waals surface area contributed by atoms with Crippen LogP contribution in [0, 0.1) is 0 Å². The van der Waals surface area contributed by atoms with Gasteiger partial charge in [-0.15, -0.1) is 39.5 Å². The van der Waals surface area contributed by atoms with E-state index in [4.69, 9.17) is 16.5 Å². The third kappa shape index (κ3) is 7.67. The molecular weight excluding hydrogens is 493 g/mol. The van der Waals surface area contributed by atoms with Gasteiger partial charge >= 0.3 is 25.7 Å². The molecule has 33 heavy (non-hydrogen) atoms. The van der Waals surface area contributed by atoms with E-state index in [-0.39, 0.29) is 0 Å². The normalized spacial score (nSPS) is 13.3. The van der Waals surface area contributed by atoms with Crippen LogP contribution in [0.1, 0.15) is 41.5 Å². The second-order valence-corrected chi connectivity index (χ2v) is 27.0. The predicted molar refractivity (Wildman–Crippen MR) is 157 cm³/mol. The summed E-state index contributed by atoms with van der Waals surface area (Å²) in [6, 6.07) is 4.95. The van der Waals surface area contributed by atoms with Gasteiger partial charge in [0, 0.05) is 0 Å². The van der Waals surface area contributed by atoms with Crippen molar-refractivity contribution in [2.24, 2.45) is 0 Å². The molecule has 0 fully saturated rings. The first-order valence-corrected chi connectivity index (χ1v) is 23.2. The summed E-state index contributed by atoms with van der Waals surface area (Å²) in [4.78, 5) is 0. The Hall–Kier alpha value is -0.636. The highest BCUT2D eigenvalue weighted by Crippen LogP contribution is 2.37. The van der Waals surface area contributed by atoms with Crippen molar-refractivity contribution in [3.05, 3.63) is 73.7 Å². The van der Waals surface area contributed by atoms with Crippen molar-refractivity contribution >= 4 is 42.3 Å². The highest BCUT2D eigenvalue weighted by atomic mass is 28.5. The maximum absolute atomic E-state index is 7.18. The van der Waals surface area contributed by atoms with Gasteiger partial charge in [0.2, 0.25) is 0 Å². The molecule has 0 heterocycles.